The quantitative estimate of drug-likeness (QED) is 0.655. The molecule has 0 radical (unpaired) electrons. The lowest BCUT2D eigenvalue weighted by molar-refractivity contribution is 0.249. The fourth-order valence-corrected chi connectivity index (χ4v) is 3.62. The Morgan fingerprint density at radius 2 is 1.50 bits per heavy atom. The number of aromatic nitrogens is 1. The van der Waals surface area contributed by atoms with Crippen molar-refractivity contribution in [2.75, 3.05) is 36.4 Å². The van der Waals surface area contributed by atoms with Gasteiger partial charge in [-0.2, -0.15) is 4.39 Å². The second-order valence-corrected chi connectivity index (χ2v) is 7.07. The second-order valence-electron chi connectivity index (χ2n) is 7.07. The Morgan fingerprint density at radius 1 is 0.786 bits per heavy atom. The number of hydrogen-bond acceptors (Lipinski definition) is 4. The highest BCUT2D eigenvalue weighted by molar-refractivity contribution is 5.46. The van der Waals surface area contributed by atoms with E-state index in [1.807, 2.05) is 6.07 Å². The number of piperazine rings is 1. The number of anilines is 2. The largest absolute Gasteiger partial charge is 0.369 e. The molecule has 1 N–H and O–H groups in total. The van der Waals surface area contributed by atoms with Crippen molar-refractivity contribution in [3.63, 3.8) is 0 Å². The lowest BCUT2D eigenvalue weighted by Crippen LogP contribution is -2.46. The van der Waals surface area contributed by atoms with Gasteiger partial charge in [0.25, 0.3) is 0 Å². The van der Waals surface area contributed by atoms with Gasteiger partial charge in [-0.3, -0.25) is 4.90 Å². The van der Waals surface area contributed by atoms with Gasteiger partial charge < -0.3 is 10.2 Å². The number of hydrogen-bond donors (Lipinski definition) is 1. The highest BCUT2D eigenvalue weighted by Crippen LogP contribution is 2.18. The maximum atomic E-state index is 13.3. The summed E-state index contributed by atoms with van der Waals surface area (Å²) >= 11 is 0. The molecule has 5 heteroatoms. The van der Waals surface area contributed by atoms with E-state index in [-0.39, 0.29) is 0 Å². The summed E-state index contributed by atoms with van der Waals surface area (Å²) in [7, 11) is 0. The lowest BCUT2D eigenvalue weighted by Gasteiger charge is -2.36. The Kier molecular flexibility index (Phi) is 5.83. The van der Waals surface area contributed by atoms with Crippen molar-refractivity contribution in [2.24, 2.45) is 0 Å². The summed E-state index contributed by atoms with van der Waals surface area (Å²) in [6.07, 6.45) is 0. The van der Waals surface area contributed by atoms with Crippen LogP contribution in [-0.4, -0.2) is 36.1 Å². The Bertz CT molecular complexity index is 892. The molecule has 0 amide bonds. The Balaban J connectivity index is 1.35. The Morgan fingerprint density at radius 3 is 2.25 bits per heavy atom. The van der Waals surface area contributed by atoms with Crippen LogP contribution in [0.3, 0.4) is 0 Å². The van der Waals surface area contributed by atoms with E-state index in [0.29, 0.717) is 12.4 Å². The maximum Gasteiger partial charge on any atom is 0.214 e. The first kappa shape index (κ1) is 18.4. The molecule has 0 unspecified atom stereocenters. The highest BCUT2D eigenvalue weighted by atomic mass is 19.1. The third-order valence-corrected chi connectivity index (χ3v) is 5.18. The Hall–Kier alpha value is -2.92. The second kappa shape index (κ2) is 8.85. The van der Waals surface area contributed by atoms with Crippen LogP contribution in [0, 0.1) is 5.95 Å². The minimum absolute atomic E-state index is 0.463. The van der Waals surface area contributed by atoms with Crippen LogP contribution in [0.2, 0.25) is 0 Å². The first-order chi connectivity index (χ1) is 13.8. The van der Waals surface area contributed by atoms with Crippen molar-refractivity contribution in [1.29, 1.82) is 0 Å². The normalized spacial score (nSPS) is 14.8. The number of rotatable bonds is 6. The lowest BCUT2D eigenvalue weighted by atomic mass is 10.1. The maximum absolute atomic E-state index is 13.3. The molecule has 28 heavy (non-hydrogen) atoms. The zero-order chi connectivity index (χ0) is 19.2. The predicted molar refractivity (Wildman–Crippen MR) is 112 cm³/mol. The van der Waals surface area contributed by atoms with E-state index in [1.165, 1.54) is 22.9 Å². The molecule has 4 nitrogen and oxygen atoms in total. The van der Waals surface area contributed by atoms with Gasteiger partial charge in [0.05, 0.1) is 0 Å². The van der Waals surface area contributed by atoms with Gasteiger partial charge in [0.1, 0.15) is 5.82 Å². The number of benzene rings is 2. The zero-order valence-electron chi connectivity index (χ0n) is 15.9. The molecule has 0 bridgehead atoms. The molecule has 3 aromatic rings. The van der Waals surface area contributed by atoms with E-state index in [9.17, 15) is 4.39 Å². The number of pyridine rings is 1. The molecule has 144 valence electrons. The zero-order valence-corrected chi connectivity index (χ0v) is 15.9. The van der Waals surface area contributed by atoms with Crippen LogP contribution in [0.25, 0.3) is 0 Å². The van der Waals surface area contributed by atoms with Gasteiger partial charge in [-0.25, -0.2) is 4.98 Å². The molecular weight excluding hydrogens is 351 g/mol. The molecule has 1 saturated heterocycles. The van der Waals surface area contributed by atoms with E-state index in [1.54, 1.807) is 12.1 Å². The summed E-state index contributed by atoms with van der Waals surface area (Å²) in [6.45, 7) is 5.73. The fourth-order valence-electron chi connectivity index (χ4n) is 3.62. The SMILES string of the molecule is Fc1cccc(NCc2ccccc2CN2CCN(c3ccccc3)CC2)n1. The van der Waals surface area contributed by atoms with Crippen LogP contribution in [0.5, 0.6) is 0 Å². The summed E-state index contributed by atoms with van der Waals surface area (Å²) in [6, 6.07) is 23.9. The Labute approximate surface area is 165 Å². The third-order valence-electron chi connectivity index (χ3n) is 5.18. The van der Waals surface area contributed by atoms with Crippen molar-refractivity contribution in [1.82, 2.24) is 9.88 Å². The molecule has 4 rings (SSSR count). The smallest absolute Gasteiger partial charge is 0.214 e. The van der Waals surface area contributed by atoms with Gasteiger partial charge in [-0.1, -0.05) is 48.5 Å². The molecule has 0 aliphatic carbocycles. The van der Waals surface area contributed by atoms with Crippen molar-refractivity contribution >= 4 is 11.5 Å². The molecule has 2 aromatic carbocycles. The first-order valence-electron chi connectivity index (χ1n) is 9.73. The summed E-state index contributed by atoms with van der Waals surface area (Å²) in [4.78, 5) is 8.82. The minimum Gasteiger partial charge on any atom is -0.369 e. The van der Waals surface area contributed by atoms with E-state index in [0.717, 1.165) is 32.7 Å². The van der Waals surface area contributed by atoms with E-state index >= 15 is 0 Å². The summed E-state index contributed by atoms with van der Waals surface area (Å²) in [5.41, 5.74) is 3.83. The molecule has 2 heterocycles. The molecule has 0 atom stereocenters. The number of nitrogens with one attached hydrogen (secondary N) is 1. The molecule has 1 aromatic heterocycles. The van der Waals surface area contributed by atoms with Crippen LogP contribution in [-0.2, 0) is 13.1 Å². The van der Waals surface area contributed by atoms with Crippen molar-refractivity contribution in [3.05, 3.63) is 89.9 Å². The fraction of sp³-hybridized carbons (Fsp3) is 0.261. The number of nitrogens with zero attached hydrogens (tertiary/aromatic N) is 3. The van der Waals surface area contributed by atoms with Crippen molar-refractivity contribution < 1.29 is 4.39 Å². The molecule has 0 saturated carbocycles. The average molecular weight is 376 g/mol. The van der Waals surface area contributed by atoms with Crippen molar-refractivity contribution in [3.8, 4) is 0 Å². The number of halogens is 1. The van der Waals surface area contributed by atoms with E-state index in [4.69, 9.17) is 0 Å². The highest BCUT2D eigenvalue weighted by Gasteiger charge is 2.18. The van der Waals surface area contributed by atoms with E-state index < -0.39 is 5.95 Å². The molecular formula is C23H25FN4. The summed E-state index contributed by atoms with van der Waals surface area (Å²) < 4.78 is 13.3. The predicted octanol–water partition coefficient (Wildman–Crippen LogP) is 4.16. The standard InChI is InChI=1S/C23H25FN4/c24-22-11-6-12-23(26-22)25-17-19-7-4-5-8-20(19)18-27-13-15-28(16-14-27)21-9-2-1-3-10-21/h1-12H,13-18H2,(H,25,26). The van der Waals surface area contributed by atoms with E-state index in [2.05, 4.69) is 68.6 Å². The van der Waals surface area contributed by atoms with Crippen LogP contribution >= 0.6 is 0 Å². The number of para-hydroxylation sites is 1. The van der Waals surface area contributed by atoms with Gasteiger partial charge in [0.15, 0.2) is 0 Å². The van der Waals surface area contributed by atoms with Gasteiger partial charge in [-0.15, -0.1) is 0 Å². The van der Waals surface area contributed by atoms with Crippen LogP contribution in [0.4, 0.5) is 15.9 Å². The third kappa shape index (κ3) is 4.67. The molecule has 0 spiro atoms. The molecule has 1 fully saturated rings. The summed E-state index contributed by atoms with van der Waals surface area (Å²) in [5, 5.41) is 3.23. The van der Waals surface area contributed by atoms with Crippen LogP contribution in [0.1, 0.15) is 11.1 Å². The topological polar surface area (TPSA) is 31.4 Å². The van der Waals surface area contributed by atoms with Crippen LogP contribution < -0.4 is 10.2 Å². The monoisotopic (exact) mass is 376 g/mol. The van der Waals surface area contributed by atoms with Gasteiger partial charge >= 0.3 is 0 Å². The average Bonchev–Trinajstić information content (AvgIpc) is 2.74. The van der Waals surface area contributed by atoms with Gasteiger partial charge in [-0.05, 0) is 35.4 Å². The van der Waals surface area contributed by atoms with Gasteiger partial charge in [0.2, 0.25) is 5.95 Å². The first-order valence-corrected chi connectivity index (χ1v) is 9.73. The molecule has 1 aliphatic rings. The van der Waals surface area contributed by atoms with Crippen molar-refractivity contribution in [2.45, 2.75) is 13.1 Å². The van der Waals surface area contributed by atoms with Crippen LogP contribution in [0.15, 0.2) is 72.8 Å². The van der Waals surface area contributed by atoms with Gasteiger partial charge in [0, 0.05) is 45.0 Å². The minimum atomic E-state index is -0.463. The molecule has 1 aliphatic heterocycles. The summed E-state index contributed by atoms with van der Waals surface area (Å²) in [5.74, 6) is 0.0980.